The number of hydrogen-bond donors (Lipinski definition) is 0. The summed E-state index contributed by atoms with van der Waals surface area (Å²) in [5, 5.41) is -4.03. The molecular weight excluding hydrogens is 508 g/mol. The van der Waals surface area contributed by atoms with Crippen molar-refractivity contribution in [3.05, 3.63) is 144 Å². The van der Waals surface area contributed by atoms with Crippen LogP contribution in [0.2, 0.25) is 0 Å². The molecule has 9 rings (SSSR count). The molecule has 1 unspecified atom stereocenters. The second-order valence-electron chi connectivity index (χ2n) is 9.13. The van der Waals surface area contributed by atoms with Gasteiger partial charge in [-0.3, -0.25) is 0 Å². The summed E-state index contributed by atoms with van der Waals surface area (Å²) in [5.41, 5.74) is -4.59. The average Bonchev–Trinajstić information content (AvgIpc) is 3.83. The smallest absolute Gasteiger partial charge is 0.0651 e. The van der Waals surface area contributed by atoms with Crippen LogP contribution in [0.4, 0.5) is 0 Å². The highest BCUT2D eigenvalue weighted by atomic mass is 15.0. The molecule has 2 heteroatoms. The van der Waals surface area contributed by atoms with E-state index in [4.69, 9.17) is 26.0 Å². The molecule has 0 radical (unpaired) electrons. The highest BCUT2D eigenvalue weighted by molar-refractivity contribution is 6.10. The van der Waals surface area contributed by atoms with Gasteiger partial charge in [-0.15, -0.1) is 0 Å². The first kappa shape index (κ1) is 9.34. The van der Waals surface area contributed by atoms with Gasteiger partial charge in [-0.2, -0.15) is 0 Å². The minimum Gasteiger partial charge on any atom is -0.310 e. The molecule has 6 aromatic carbocycles. The Balaban J connectivity index is 1.53. The molecule has 0 aliphatic heterocycles. The number of aromatic nitrogens is 2. The number of fused-ring (bicyclic) bond motifs is 7. The number of para-hydroxylation sites is 2. The van der Waals surface area contributed by atoms with Gasteiger partial charge in [0.25, 0.3) is 0 Å². The van der Waals surface area contributed by atoms with Gasteiger partial charge in [0, 0.05) is 42.2 Å². The van der Waals surface area contributed by atoms with Crippen LogP contribution in [-0.2, 0) is 0 Å². The van der Waals surface area contributed by atoms with Crippen molar-refractivity contribution < 1.29 is 35.6 Å². The fourth-order valence-electron chi connectivity index (χ4n) is 5.06. The van der Waals surface area contributed by atoms with Crippen LogP contribution in [0.5, 0.6) is 0 Å². The molecule has 42 heavy (non-hydrogen) atoms. The van der Waals surface area contributed by atoms with Gasteiger partial charge < -0.3 is 9.13 Å². The molecule has 1 atom stereocenters. The zero-order valence-corrected chi connectivity index (χ0v) is 21.0. The van der Waals surface area contributed by atoms with Gasteiger partial charge in [-0.05, 0) is 89.1 Å². The average molecular weight is 563 g/mol. The molecule has 1 aliphatic carbocycles. The Bertz CT molecular complexity index is 3860. The summed E-state index contributed by atoms with van der Waals surface area (Å²) in [7, 11) is 0. The Morgan fingerprint density at radius 3 is 2.12 bits per heavy atom. The standard InChI is InChI=1S/C40H28N2/c1-2-12-31(13-3-1)41-37-16-8-6-14-33(37)35-25-29(19-22-39(35)41)30-20-23-40-36(26-30)34-15-7-9-17-38(34)42(40)32-21-18-27-10-4-5-11-28(27)24-32/h1-6,8,10-26H,7,9H2/i1D,2D,3D,4D,5D,6D,7D,9D2,10D,11D,12D,13D,14D,15D,16D,17D,18D,19D,20D,21D,22D,23D,24D,25D,26D. The van der Waals surface area contributed by atoms with E-state index in [-0.39, 0.29) is 0 Å². The maximum atomic E-state index is 9.75. The number of hydrogen-bond acceptors (Lipinski definition) is 0. The van der Waals surface area contributed by atoms with Crippen LogP contribution in [0, 0.1) is 0 Å². The molecule has 0 spiro atoms. The van der Waals surface area contributed by atoms with E-state index in [9.17, 15) is 9.60 Å². The zero-order valence-electron chi connectivity index (χ0n) is 47.0. The predicted molar refractivity (Wildman–Crippen MR) is 178 cm³/mol. The van der Waals surface area contributed by atoms with Crippen LogP contribution in [0.15, 0.2) is 133 Å². The SMILES string of the molecule is [2H]C1=c2c(n(-c3c([2H])c([2H])c4c([2H])c([2H])c([2H])c([2H])c4c3[2H])c3c([2H])c([2H])c(-c4c([2H])c([2H])c5c(c4[2H])c4c([2H])c([2H])cc([2H])c4n5-c4c([2H])c([2H])c([2H])c([2H])c4[2H])c([2H])c23)=C([2H])C([2H])([2H])C1[2H]. The summed E-state index contributed by atoms with van der Waals surface area (Å²) in [5.74, 6) is 0. The van der Waals surface area contributed by atoms with Crippen LogP contribution in [-0.4, -0.2) is 9.13 Å². The van der Waals surface area contributed by atoms with Crippen molar-refractivity contribution in [1.82, 2.24) is 9.13 Å². The monoisotopic (exact) mass is 562 g/mol. The third kappa shape index (κ3) is 3.45. The van der Waals surface area contributed by atoms with Crippen molar-refractivity contribution >= 4 is 55.6 Å². The molecule has 0 amide bonds. The second-order valence-corrected chi connectivity index (χ2v) is 9.13. The molecule has 8 aromatic rings. The van der Waals surface area contributed by atoms with E-state index in [0.29, 0.717) is 4.57 Å². The van der Waals surface area contributed by atoms with E-state index in [1.807, 2.05) is 0 Å². The zero-order chi connectivity index (χ0) is 50.3. The first-order valence-corrected chi connectivity index (χ1v) is 12.5. The van der Waals surface area contributed by atoms with E-state index >= 15 is 0 Å². The number of rotatable bonds is 3. The van der Waals surface area contributed by atoms with Crippen LogP contribution in [0.25, 0.3) is 78.1 Å². The molecule has 1 aliphatic rings. The Labute approximate surface area is 280 Å². The lowest BCUT2D eigenvalue weighted by Crippen LogP contribution is -2.30. The van der Waals surface area contributed by atoms with Gasteiger partial charge in [0.2, 0.25) is 0 Å². The van der Waals surface area contributed by atoms with Crippen molar-refractivity contribution in [2.24, 2.45) is 0 Å². The number of nitrogens with zero attached hydrogens (tertiary/aromatic N) is 2. The van der Waals surface area contributed by atoms with Crippen molar-refractivity contribution in [3.63, 3.8) is 0 Å². The van der Waals surface area contributed by atoms with Crippen molar-refractivity contribution in [2.45, 2.75) is 12.8 Å². The van der Waals surface area contributed by atoms with Gasteiger partial charge in [0.05, 0.1) is 48.1 Å². The normalized spacial score (nSPS) is 25.1. The minimum absolute atomic E-state index is 0.410. The van der Waals surface area contributed by atoms with Crippen LogP contribution in [0.1, 0.15) is 48.4 Å². The van der Waals surface area contributed by atoms with E-state index in [1.165, 1.54) is 0 Å². The second kappa shape index (κ2) is 9.09. The quantitative estimate of drug-likeness (QED) is 0.203. The molecule has 0 fully saturated rings. The molecule has 0 N–H and O–H groups in total. The highest BCUT2D eigenvalue weighted by Crippen LogP contribution is 2.35. The van der Waals surface area contributed by atoms with Crippen LogP contribution < -0.4 is 10.6 Å². The van der Waals surface area contributed by atoms with Gasteiger partial charge >= 0.3 is 0 Å². The Hall–Kier alpha value is -5.34. The summed E-state index contributed by atoms with van der Waals surface area (Å²) in [6, 6.07) is -18.6. The molecule has 0 saturated carbocycles. The Morgan fingerprint density at radius 1 is 0.524 bits per heavy atom. The molecular formula is C40H28N2. The molecule has 2 heterocycles. The summed E-state index contributed by atoms with van der Waals surface area (Å²) >= 11 is 0. The molecule has 0 saturated heterocycles. The molecule has 2 nitrogen and oxygen atoms in total. The topological polar surface area (TPSA) is 9.86 Å². The van der Waals surface area contributed by atoms with E-state index in [1.54, 1.807) is 0 Å². The van der Waals surface area contributed by atoms with E-state index in [0.717, 1.165) is 10.6 Å². The summed E-state index contributed by atoms with van der Waals surface area (Å²) in [6.45, 7) is 0. The van der Waals surface area contributed by atoms with Crippen molar-refractivity contribution in [3.8, 4) is 22.5 Å². The summed E-state index contributed by atoms with van der Waals surface area (Å²) < 4.78 is 233. The predicted octanol–water partition coefficient (Wildman–Crippen LogP) is 8.90. The molecule has 0 bridgehead atoms. The summed E-state index contributed by atoms with van der Waals surface area (Å²) in [6.07, 6.45) is -5.22. The van der Waals surface area contributed by atoms with Gasteiger partial charge in [0.15, 0.2) is 0 Å². The fourth-order valence-corrected chi connectivity index (χ4v) is 5.06. The minimum atomic E-state index is -3.02. The lowest BCUT2D eigenvalue weighted by molar-refractivity contribution is 1.03. The maximum Gasteiger partial charge on any atom is 0.0651 e. The molecule has 198 valence electrons. The summed E-state index contributed by atoms with van der Waals surface area (Å²) in [4.78, 5) is 0. The van der Waals surface area contributed by atoms with Gasteiger partial charge in [-0.25, -0.2) is 0 Å². The van der Waals surface area contributed by atoms with Crippen LogP contribution in [0.3, 0.4) is 0 Å². The van der Waals surface area contributed by atoms with Crippen molar-refractivity contribution in [2.75, 3.05) is 0 Å². The lowest BCUT2D eigenvalue weighted by Gasteiger charge is -2.10. The lowest BCUT2D eigenvalue weighted by atomic mass is 10.0. The molecule has 2 aromatic heterocycles. The number of benzene rings is 6. The third-order valence-electron chi connectivity index (χ3n) is 6.83. The third-order valence-corrected chi connectivity index (χ3v) is 6.83. The van der Waals surface area contributed by atoms with Gasteiger partial charge in [-0.1, -0.05) is 90.7 Å². The van der Waals surface area contributed by atoms with Crippen LogP contribution >= 0.6 is 0 Å². The van der Waals surface area contributed by atoms with Gasteiger partial charge in [0.1, 0.15) is 0 Å². The van der Waals surface area contributed by atoms with E-state index in [2.05, 4.69) is 0 Å². The van der Waals surface area contributed by atoms with E-state index < -0.39 is 228 Å². The Morgan fingerprint density at radius 2 is 1.26 bits per heavy atom. The fraction of sp³-hybridized carbons (Fsp3) is 0.0500. The Kier molecular flexibility index (Phi) is 2.02. The highest BCUT2D eigenvalue weighted by Gasteiger charge is 2.15. The first-order chi connectivity index (χ1) is 31.6. The maximum absolute atomic E-state index is 9.75. The van der Waals surface area contributed by atoms with Crippen molar-refractivity contribution in [1.29, 1.82) is 0 Å². The largest absolute Gasteiger partial charge is 0.310 e. The first-order valence-electron chi connectivity index (χ1n) is 25.6.